The quantitative estimate of drug-likeness (QED) is 0.448. The minimum absolute atomic E-state index is 0.0633. The first-order valence-electron chi connectivity index (χ1n) is 14.5. The van der Waals surface area contributed by atoms with E-state index < -0.39 is 11.6 Å². The molecule has 0 amide bonds. The van der Waals surface area contributed by atoms with Gasteiger partial charge in [0.15, 0.2) is 17.3 Å². The molecule has 11 heteroatoms. The van der Waals surface area contributed by atoms with Crippen molar-refractivity contribution in [1.29, 1.82) is 0 Å². The Balaban J connectivity index is 1.27. The molecule has 10 nitrogen and oxygen atoms in total. The Morgan fingerprint density at radius 1 is 1.15 bits per heavy atom. The summed E-state index contributed by atoms with van der Waals surface area (Å²) < 4.78 is 33.7. The third kappa shape index (κ3) is 4.34. The molecule has 2 saturated heterocycles. The number of ether oxygens (including phenoxy) is 2. The van der Waals surface area contributed by atoms with Crippen molar-refractivity contribution in [2.24, 2.45) is 0 Å². The molecule has 2 aliphatic carbocycles. The Morgan fingerprint density at radius 2 is 2.00 bits per heavy atom. The molecule has 4 atom stereocenters. The van der Waals surface area contributed by atoms with Crippen LogP contribution < -0.4 is 4.74 Å². The number of aromatic nitrogens is 5. The maximum atomic E-state index is 14.1. The molecule has 0 bridgehead atoms. The van der Waals surface area contributed by atoms with Crippen molar-refractivity contribution in [3.05, 3.63) is 29.7 Å². The van der Waals surface area contributed by atoms with Crippen molar-refractivity contribution in [2.45, 2.75) is 88.1 Å². The first kappa shape index (κ1) is 25.8. The second-order valence-electron chi connectivity index (χ2n) is 11.9. The largest absolute Gasteiger partial charge is 0.473 e. The molecule has 0 unspecified atom stereocenters. The molecule has 7 rings (SSSR count). The zero-order chi connectivity index (χ0) is 27.4. The van der Waals surface area contributed by atoms with Gasteiger partial charge in [0.05, 0.1) is 30.4 Å². The zero-order valence-electron chi connectivity index (χ0n) is 23.0. The number of rotatable bonds is 6. The van der Waals surface area contributed by atoms with Crippen molar-refractivity contribution >= 4 is 5.78 Å². The topological polar surface area (TPSA) is 108 Å². The van der Waals surface area contributed by atoms with E-state index in [0.717, 1.165) is 44.1 Å². The van der Waals surface area contributed by atoms with Crippen LogP contribution >= 0.6 is 0 Å². The number of likely N-dealkylation sites (tertiary alicyclic amines) is 1. The van der Waals surface area contributed by atoms with E-state index >= 15 is 0 Å². The molecule has 40 heavy (non-hydrogen) atoms. The Hall–Kier alpha value is -3.18. The van der Waals surface area contributed by atoms with Gasteiger partial charge < -0.3 is 14.0 Å². The van der Waals surface area contributed by atoms with E-state index in [2.05, 4.69) is 5.16 Å². The zero-order valence-corrected chi connectivity index (χ0v) is 23.0. The van der Waals surface area contributed by atoms with E-state index in [1.165, 1.54) is 0 Å². The van der Waals surface area contributed by atoms with Gasteiger partial charge >= 0.3 is 0 Å². The summed E-state index contributed by atoms with van der Waals surface area (Å²) in [5, 5.41) is 9.21. The highest BCUT2D eigenvalue weighted by molar-refractivity contribution is 5.91. The van der Waals surface area contributed by atoms with Crippen molar-refractivity contribution in [3.8, 4) is 28.8 Å². The second kappa shape index (κ2) is 10.0. The number of ketones is 1. The highest BCUT2D eigenvalue weighted by Gasteiger charge is 2.48. The number of carbonyl (C=O) groups is 1. The van der Waals surface area contributed by atoms with E-state index in [1.807, 2.05) is 35.8 Å². The van der Waals surface area contributed by atoms with Gasteiger partial charge in [-0.1, -0.05) is 11.6 Å². The predicted molar refractivity (Wildman–Crippen MR) is 143 cm³/mol. The van der Waals surface area contributed by atoms with Crippen LogP contribution in [0.25, 0.3) is 22.9 Å². The third-order valence-electron chi connectivity index (χ3n) is 9.22. The summed E-state index contributed by atoms with van der Waals surface area (Å²) in [5.41, 5.74) is 2.19. The molecule has 3 aromatic heterocycles. The molecule has 0 aromatic carbocycles. The van der Waals surface area contributed by atoms with Crippen LogP contribution in [0.2, 0.25) is 0 Å². The number of nitrogens with zero attached hydrogens (tertiary/aromatic N) is 6. The number of hydrogen-bond acceptors (Lipinski definition) is 9. The van der Waals surface area contributed by atoms with Gasteiger partial charge in [-0.15, -0.1) is 0 Å². The fraction of sp³-hybridized carbons (Fsp3) is 0.621. The SMILES string of the molecule is C[C@H](Oc1cc(-c2ccn(C3COC3)n2)nc(-c2noc3c2CCC[C@@]32CCCCC2=O)n1)[C@@H]1C[C@H](F)CN1C. The Morgan fingerprint density at radius 3 is 2.75 bits per heavy atom. The van der Waals surface area contributed by atoms with Crippen LogP contribution in [-0.4, -0.2) is 80.7 Å². The number of likely N-dealkylation sites (N-methyl/N-ethyl adjacent to an activating group) is 1. The Labute approximate surface area is 232 Å². The van der Waals surface area contributed by atoms with Crippen LogP contribution in [0, 0.1) is 0 Å². The average Bonchev–Trinajstić information content (AvgIpc) is 3.64. The van der Waals surface area contributed by atoms with Gasteiger partial charge in [-0.3, -0.25) is 14.4 Å². The minimum atomic E-state index is -0.867. The highest BCUT2D eigenvalue weighted by atomic mass is 19.1. The summed E-state index contributed by atoms with van der Waals surface area (Å²) in [4.78, 5) is 24.8. The Kier molecular flexibility index (Phi) is 6.46. The molecule has 3 aromatic rings. The lowest BCUT2D eigenvalue weighted by atomic mass is 9.64. The third-order valence-corrected chi connectivity index (χ3v) is 9.22. The van der Waals surface area contributed by atoms with Gasteiger partial charge in [-0.05, 0) is 58.6 Å². The standard InChI is InChI=1S/C29H35FN6O4/c1-17(23-12-18(30)14-35(23)2)39-25-13-22(21-8-11-36(33-21)19-15-38-16-19)31-28(32-25)26-20-6-5-10-29(27(20)40-34-26)9-4-3-7-24(29)37/h8,11,13,17-19,23H,3-7,9-10,12,14-16H2,1-2H3/t17-,18-,23-,29+/m0/s1. The van der Waals surface area contributed by atoms with Crippen LogP contribution in [0.1, 0.15) is 69.2 Å². The van der Waals surface area contributed by atoms with Gasteiger partial charge in [-0.25, -0.2) is 9.37 Å². The second-order valence-corrected chi connectivity index (χ2v) is 11.9. The van der Waals surface area contributed by atoms with E-state index in [1.54, 1.807) is 6.07 Å². The van der Waals surface area contributed by atoms with Crippen molar-refractivity contribution < 1.29 is 23.2 Å². The summed E-state index contributed by atoms with van der Waals surface area (Å²) in [5.74, 6) is 1.71. The number of halogens is 1. The van der Waals surface area contributed by atoms with Gasteiger partial charge in [0, 0.05) is 36.8 Å². The smallest absolute Gasteiger partial charge is 0.217 e. The number of Topliss-reactive ketones (excluding diaryl/α,β-unsaturated/α-hetero) is 1. The average molecular weight is 551 g/mol. The van der Waals surface area contributed by atoms with Crippen molar-refractivity contribution in [1.82, 2.24) is 29.8 Å². The van der Waals surface area contributed by atoms with Crippen LogP contribution in [0.5, 0.6) is 5.88 Å². The van der Waals surface area contributed by atoms with Crippen LogP contribution in [0.4, 0.5) is 4.39 Å². The van der Waals surface area contributed by atoms with Crippen LogP contribution in [-0.2, 0) is 21.4 Å². The molecule has 1 spiro atoms. The minimum Gasteiger partial charge on any atom is -0.473 e. The summed E-state index contributed by atoms with van der Waals surface area (Å²) in [6, 6.07) is 3.85. The van der Waals surface area contributed by atoms with Crippen molar-refractivity contribution in [3.63, 3.8) is 0 Å². The number of alkyl halides is 1. The highest BCUT2D eigenvalue weighted by Crippen LogP contribution is 2.47. The monoisotopic (exact) mass is 550 g/mol. The van der Waals surface area contributed by atoms with E-state index in [0.29, 0.717) is 67.1 Å². The molecular weight excluding hydrogens is 515 g/mol. The van der Waals surface area contributed by atoms with Gasteiger partial charge in [-0.2, -0.15) is 10.1 Å². The van der Waals surface area contributed by atoms with Crippen LogP contribution in [0.3, 0.4) is 0 Å². The molecule has 1 saturated carbocycles. The fourth-order valence-electron chi connectivity index (χ4n) is 6.93. The molecule has 0 radical (unpaired) electrons. The normalized spacial score (nSPS) is 28.0. The van der Waals surface area contributed by atoms with E-state index in [-0.39, 0.29) is 24.0 Å². The lowest BCUT2D eigenvalue weighted by molar-refractivity contribution is -0.128. The molecule has 4 aliphatic rings. The first-order chi connectivity index (χ1) is 19.4. The summed E-state index contributed by atoms with van der Waals surface area (Å²) in [6.45, 7) is 3.62. The number of carbonyl (C=O) groups excluding carboxylic acids is 1. The molecule has 0 N–H and O–H groups in total. The maximum Gasteiger partial charge on any atom is 0.217 e. The summed E-state index contributed by atoms with van der Waals surface area (Å²) in [6.07, 6.45) is 6.95. The molecule has 212 valence electrons. The molecule has 3 fully saturated rings. The van der Waals surface area contributed by atoms with Gasteiger partial charge in [0.2, 0.25) is 5.88 Å². The molecular formula is C29H35FN6O4. The first-order valence-corrected chi connectivity index (χ1v) is 14.5. The summed E-state index contributed by atoms with van der Waals surface area (Å²) >= 11 is 0. The van der Waals surface area contributed by atoms with Crippen molar-refractivity contribution in [2.75, 3.05) is 26.8 Å². The maximum absolute atomic E-state index is 14.1. The van der Waals surface area contributed by atoms with Gasteiger partial charge in [0.1, 0.15) is 23.8 Å². The lowest BCUT2D eigenvalue weighted by Gasteiger charge is -2.36. The predicted octanol–water partition coefficient (Wildman–Crippen LogP) is 4.09. The fourth-order valence-corrected chi connectivity index (χ4v) is 6.93. The van der Waals surface area contributed by atoms with E-state index in [4.69, 9.17) is 29.1 Å². The number of hydrogen-bond donors (Lipinski definition) is 0. The Bertz CT molecular complexity index is 1420. The van der Waals surface area contributed by atoms with Crippen LogP contribution in [0.15, 0.2) is 22.9 Å². The molecule has 5 heterocycles. The van der Waals surface area contributed by atoms with Gasteiger partial charge in [0.25, 0.3) is 0 Å². The summed E-state index contributed by atoms with van der Waals surface area (Å²) in [7, 11) is 1.92. The number of fused-ring (bicyclic) bond motifs is 2. The lowest BCUT2D eigenvalue weighted by Crippen LogP contribution is -2.41. The van der Waals surface area contributed by atoms with E-state index in [9.17, 15) is 9.18 Å². The molecule has 2 aliphatic heterocycles.